The van der Waals surface area contributed by atoms with Crippen molar-refractivity contribution in [3.63, 3.8) is 0 Å². The molecule has 0 radical (unpaired) electrons. The van der Waals surface area contributed by atoms with Gasteiger partial charge < -0.3 is 15.2 Å². The molecule has 1 aliphatic rings. The van der Waals surface area contributed by atoms with Crippen LogP contribution < -0.4 is 15.7 Å². The van der Waals surface area contributed by atoms with Gasteiger partial charge in [0, 0.05) is 5.97 Å². The topological polar surface area (TPSA) is 98.3 Å². The van der Waals surface area contributed by atoms with Gasteiger partial charge in [0.15, 0.2) is 0 Å². The summed E-state index contributed by atoms with van der Waals surface area (Å²) in [4.78, 5) is 31.9. The summed E-state index contributed by atoms with van der Waals surface area (Å²) in [5, 5.41) is 14.5. The molecule has 0 spiro atoms. The number of carbonyl (C=O) groups excluding carboxylic acids is 3. The molecule has 1 saturated heterocycles. The maximum Gasteiger partial charge on any atom is 0.322 e. The Morgan fingerprint density at radius 1 is 1.54 bits per heavy atom. The monoisotopic (exact) mass is 185 g/mol. The molecule has 13 heavy (non-hydrogen) atoms. The van der Waals surface area contributed by atoms with Crippen LogP contribution in [0.25, 0.3) is 0 Å². The number of rotatable bonds is 3. The minimum absolute atomic E-state index is 0.0346. The van der Waals surface area contributed by atoms with Crippen molar-refractivity contribution in [2.75, 3.05) is 0 Å². The van der Waals surface area contributed by atoms with Crippen molar-refractivity contribution in [1.29, 1.82) is 0 Å². The molecule has 0 aromatic carbocycles. The van der Waals surface area contributed by atoms with Crippen molar-refractivity contribution in [2.24, 2.45) is 0 Å². The summed E-state index contributed by atoms with van der Waals surface area (Å²) < 4.78 is 0. The third-order valence-electron chi connectivity index (χ3n) is 1.95. The van der Waals surface area contributed by atoms with E-state index in [2.05, 4.69) is 5.32 Å². The lowest BCUT2D eigenvalue weighted by Crippen LogP contribution is -2.44. The lowest BCUT2D eigenvalue weighted by molar-refractivity contribution is -0.306. The molecule has 1 fully saturated rings. The van der Waals surface area contributed by atoms with E-state index in [0.29, 0.717) is 0 Å². The lowest BCUT2D eigenvalue weighted by atomic mass is 9.96. The van der Waals surface area contributed by atoms with Gasteiger partial charge in [-0.25, -0.2) is 4.79 Å². The Kier molecular flexibility index (Phi) is 2.22. The van der Waals surface area contributed by atoms with Gasteiger partial charge in [0.25, 0.3) is 5.91 Å². The Morgan fingerprint density at radius 2 is 2.15 bits per heavy atom. The summed E-state index contributed by atoms with van der Waals surface area (Å²) in [6.07, 6.45) is -0.225. The van der Waals surface area contributed by atoms with Gasteiger partial charge in [0.1, 0.15) is 5.54 Å². The first kappa shape index (κ1) is 9.50. The highest BCUT2D eigenvalue weighted by molar-refractivity contribution is 6.06. The van der Waals surface area contributed by atoms with Gasteiger partial charge in [0.2, 0.25) is 0 Å². The second-order valence-electron chi connectivity index (χ2n) is 3.11. The van der Waals surface area contributed by atoms with Crippen LogP contribution in [0.2, 0.25) is 0 Å². The minimum atomic E-state index is -1.24. The number of hydrogen-bond donors (Lipinski definition) is 2. The normalized spacial score (nSPS) is 26.8. The molecule has 1 atom stereocenters. The van der Waals surface area contributed by atoms with Gasteiger partial charge in [-0.05, 0) is 19.8 Å². The zero-order chi connectivity index (χ0) is 10.1. The third kappa shape index (κ3) is 1.95. The zero-order valence-corrected chi connectivity index (χ0v) is 7.05. The van der Waals surface area contributed by atoms with Crippen LogP contribution in [0.5, 0.6) is 0 Å². The Hall–Kier alpha value is -1.59. The summed E-state index contributed by atoms with van der Waals surface area (Å²) in [6, 6.07) is -0.592. The predicted octanol–water partition coefficient (Wildman–Crippen LogP) is -1.89. The largest absolute Gasteiger partial charge is 0.550 e. The fraction of sp³-hybridized carbons (Fsp3) is 0.571. The molecule has 1 aliphatic heterocycles. The van der Waals surface area contributed by atoms with Gasteiger partial charge in [0.05, 0.1) is 0 Å². The molecule has 1 rings (SSSR count). The molecule has 0 aliphatic carbocycles. The molecular formula is C7H9N2O4-. The van der Waals surface area contributed by atoms with Crippen molar-refractivity contribution in [3.8, 4) is 0 Å². The number of aliphatic carboxylic acids is 1. The van der Waals surface area contributed by atoms with Crippen LogP contribution in [0.1, 0.15) is 19.8 Å². The summed E-state index contributed by atoms with van der Waals surface area (Å²) in [7, 11) is 0. The fourth-order valence-electron chi connectivity index (χ4n) is 1.11. The molecule has 0 unspecified atom stereocenters. The number of imide groups is 1. The Bertz CT molecular complexity index is 276. The van der Waals surface area contributed by atoms with Gasteiger partial charge in [-0.1, -0.05) is 0 Å². The molecule has 6 nitrogen and oxygen atoms in total. The van der Waals surface area contributed by atoms with E-state index in [9.17, 15) is 19.5 Å². The SMILES string of the molecule is C[C@@]1(CCC(=O)[O-])NC(=O)NC1=O. The smallest absolute Gasteiger partial charge is 0.322 e. The molecule has 6 heteroatoms. The Morgan fingerprint density at radius 3 is 2.54 bits per heavy atom. The van der Waals surface area contributed by atoms with E-state index in [-0.39, 0.29) is 12.8 Å². The molecular weight excluding hydrogens is 176 g/mol. The van der Waals surface area contributed by atoms with Crippen LogP contribution in [-0.4, -0.2) is 23.4 Å². The summed E-state index contributed by atoms with van der Waals surface area (Å²) >= 11 is 0. The van der Waals surface area contributed by atoms with Gasteiger partial charge in [-0.3, -0.25) is 10.1 Å². The maximum atomic E-state index is 11.1. The van der Waals surface area contributed by atoms with Crippen molar-refractivity contribution < 1.29 is 19.5 Å². The highest BCUT2D eigenvalue weighted by atomic mass is 16.4. The first-order valence-corrected chi connectivity index (χ1v) is 3.77. The Labute approximate surface area is 74.3 Å². The second kappa shape index (κ2) is 3.04. The molecule has 3 amide bonds. The molecule has 0 aromatic rings. The second-order valence-corrected chi connectivity index (χ2v) is 3.11. The lowest BCUT2D eigenvalue weighted by Gasteiger charge is -2.20. The highest BCUT2D eigenvalue weighted by Gasteiger charge is 2.41. The number of carbonyl (C=O) groups is 3. The number of hydrogen-bond acceptors (Lipinski definition) is 4. The van der Waals surface area contributed by atoms with E-state index in [4.69, 9.17) is 0 Å². The third-order valence-corrected chi connectivity index (χ3v) is 1.95. The van der Waals surface area contributed by atoms with Crippen LogP contribution in [0.15, 0.2) is 0 Å². The van der Waals surface area contributed by atoms with E-state index in [1.165, 1.54) is 6.92 Å². The standard InChI is InChI=1S/C7H10N2O4/c1-7(3-2-4(10)11)5(12)8-6(13)9-7/h2-3H2,1H3,(H,10,11)(H2,8,9,12,13)/p-1/t7-/m0/s1. The van der Waals surface area contributed by atoms with Crippen LogP contribution in [0, 0.1) is 0 Å². The fourth-order valence-corrected chi connectivity index (χ4v) is 1.11. The molecule has 2 N–H and O–H groups in total. The Balaban J connectivity index is 2.60. The zero-order valence-electron chi connectivity index (χ0n) is 7.05. The first-order chi connectivity index (χ1) is 5.94. The predicted molar refractivity (Wildman–Crippen MR) is 39.3 cm³/mol. The minimum Gasteiger partial charge on any atom is -0.550 e. The number of urea groups is 1. The molecule has 0 saturated carbocycles. The van der Waals surface area contributed by atoms with Gasteiger partial charge >= 0.3 is 6.03 Å². The maximum absolute atomic E-state index is 11.1. The van der Waals surface area contributed by atoms with E-state index in [0.717, 1.165) is 0 Å². The average molecular weight is 185 g/mol. The number of nitrogens with one attached hydrogen (secondary N) is 2. The van der Waals surface area contributed by atoms with Crippen molar-refractivity contribution in [3.05, 3.63) is 0 Å². The first-order valence-electron chi connectivity index (χ1n) is 3.77. The number of amides is 3. The molecule has 1 heterocycles. The average Bonchev–Trinajstić information content (AvgIpc) is 2.23. The van der Waals surface area contributed by atoms with E-state index >= 15 is 0 Å². The van der Waals surface area contributed by atoms with Crippen LogP contribution >= 0.6 is 0 Å². The highest BCUT2D eigenvalue weighted by Crippen LogP contribution is 2.15. The summed E-state index contributed by atoms with van der Waals surface area (Å²) in [5.74, 6) is -1.74. The van der Waals surface area contributed by atoms with Crippen molar-refractivity contribution >= 4 is 17.9 Å². The quantitative estimate of drug-likeness (QED) is 0.502. The van der Waals surface area contributed by atoms with E-state index < -0.39 is 23.4 Å². The molecule has 72 valence electrons. The number of carboxylic acids is 1. The van der Waals surface area contributed by atoms with Crippen LogP contribution in [-0.2, 0) is 9.59 Å². The van der Waals surface area contributed by atoms with Crippen LogP contribution in [0.4, 0.5) is 4.79 Å². The van der Waals surface area contributed by atoms with E-state index in [1.807, 2.05) is 5.32 Å². The van der Waals surface area contributed by atoms with Gasteiger partial charge in [-0.2, -0.15) is 0 Å². The molecule has 0 bridgehead atoms. The van der Waals surface area contributed by atoms with E-state index in [1.54, 1.807) is 0 Å². The summed E-state index contributed by atoms with van der Waals surface area (Å²) in [6.45, 7) is 1.47. The van der Waals surface area contributed by atoms with Gasteiger partial charge in [-0.15, -0.1) is 0 Å². The molecule has 0 aromatic heterocycles. The summed E-state index contributed by atoms with van der Waals surface area (Å²) in [5.41, 5.74) is -1.11. The van der Waals surface area contributed by atoms with Crippen molar-refractivity contribution in [2.45, 2.75) is 25.3 Å². The van der Waals surface area contributed by atoms with Crippen molar-refractivity contribution in [1.82, 2.24) is 10.6 Å². The van der Waals surface area contributed by atoms with Crippen LogP contribution in [0.3, 0.4) is 0 Å². The number of carboxylic acid groups (broad SMARTS) is 1.